The van der Waals surface area contributed by atoms with Gasteiger partial charge in [0.1, 0.15) is 5.78 Å². The molecule has 0 spiro atoms. The first-order chi connectivity index (χ1) is 8.61. The molecule has 0 radical (unpaired) electrons. The summed E-state index contributed by atoms with van der Waals surface area (Å²) < 4.78 is 5.19. The van der Waals surface area contributed by atoms with Gasteiger partial charge < -0.3 is 4.52 Å². The largest absolute Gasteiger partial charge is 0.338 e. The summed E-state index contributed by atoms with van der Waals surface area (Å²) in [5.74, 6) is 0.697. The number of ketones is 1. The molecule has 1 atom stereocenters. The predicted octanol–water partition coefficient (Wildman–Crippen LogP) is 3.13. The number of benzene rings is 1. The molecule has 4 heteroatoms. The normalized spacial score (nSPS) is 12.4. The van der Waals surface area contributed by atoms with Gasteiger partial charge >= 0.3 is 0 Å². The van der Waals surface area contributed by atoms with Crippen LogP contribution in [0.1, 0.15) is 37.6 Å². The number of rotatable bonds is 4. The third kappa shape index (κ3) is 2.47. The van der Waals surface area contributed by atoms with Crippen LogP contribution in [0.4, 0.5) is 0 Å². The van der Waals surface area contributed by atoms with Crippen LogP contribution in [0.5, 0.6) is 0 Å². The maximum absolute atomic E-state index is 11.4. The van der Waals surface area contributed by atoms with E-state index in [1.165, 1.54) is 0 Å². The van der Waals surface area contributed by atoms with Crippen molar-refractivity contribution in [1.82, 2.24) is 10.1 Å². The molecule has 0 bridgehead atoms. The van der Waals surface area contributed by atoms with Crippen molar-refractivity contribution in [2.45, 2.75) is 33.1 Å². The van der Waals surface area contributed by atoms with E-state index in [2.05, 4.69) is 10.1 Å². The van der Waals surface area contributed by atoms with E-state index in [1.54, 1.807) is 6.92 Å². The van der Waals surface area contributed by atoms with Crippen LogP contribution in [0.3, 0.4) is 0 Å². The summed E-state index contributed by atoms with van der Waals surface area (Å²) in [7, 11) is 0. The summed E-state index contributed by atoms with van der Waals surface area (Å²) in [5.41, 5.74) is 2.04. The summed E-state index contributed by atoms with van der Waals surface area (Å²) in [5, 5.41) is 3.94. The molecule has 18 heavy (non-hydrogen) atoms. The summed E-state index contributed by atoms with van der Waals surface area (Å²) in [4.78, 5) is 15.8. The highest BCUT2D eigenvalue weighted by Crippen LogP contribution is 2.23. The first-order valence-corrected chi connectivity index (χ1v) is 6.03. The zero-order valence-corrected chi connectivity index (χ0v) is 10.8. The molecule has 2 aromatic rings. The van der Waals surface area contributed by atoms with Gasteiger partial charge in [-0.25, -0.2) is 0 Å². The molecule has 0 amide bonds. The van der Waals surface area contributed by atoms with Crippen molar-refractivity contribution in [1.29, 1.82) is 0 Å². The van der Waals surface area contributed by atoms with E-state index < -0.39 is 0 Å². The maximum Gasteiger partial charge on any atom is 0.237 e. The van der Waals surface area contributed by atoms with Crippen LogP contribution in [-0.4, -0.2) is 15.9 Å². The van der Waals surface area contributed by atoms with Gasteiger partial charge in [0.2, 0.25) is 11.7 Å². The lowest BCUT2D eigenvalue weighted by Crippen LogP contribution is -2.07. The lowest BCUT2D eigenvalue weighted by molar-refractivity contribution is -0.119. The highest BCUT2D eigenvalue weighted by molar-refractivity contribution is 5.82. The Bertz CT molecular complexity index is 560. The van der Waals surface area contributed by atoms with Crippen LogP contribution >= 0.6 is 0 Å². The Kier molecular flexibility index (Phi) is 3.55. The lowest BCUT2D eigenvalue weighted by atomic mass is 10.0. The van der Waals surface area contributed by atoms with Gasteiger partial charge in [-0.2, -0.15) is 4.98 Å². The van der Waals surface area contributed by atoms with Gasteiger partial charge in [-0.15, -0.1) is 0 Å². The van der Waals surface area contributed by atoms with E-state index in [-0.39, 0.29) is 11.7 Å². The Labute approximate surface area is 106 Å². The maximum atomic E-state index is 11.4. The summed E-state index contributed by atoms with van der Waals surface area (Å²) in [6, 6.07) is 7.87. The average Bonchev–Trinajstić information content (AvgIpc) is 2.79. The zero-order valence-electron chi connectivity index (χ0n) is 10.8. The Morgan fingerprint density at radius 1 is 1.44 bits per heavy atom. The SMILES string of the molecule is CCC(C(C)=O)c1nc(-c2cccc(C)c2)no1. The smallest absolute Gasteiger partial charge is 0.237 e. The Hall–Kier alpha value is -1.97. The second kappa shape index (κ2) is 5.12. The van der Waals surface area contributed by atoms with Crippen molar-refractivity contribution in [3.8, 4) is 11.4 Å². The molecule has 0 N–H and O–H groups in total. The van der Waals surface area contributed by atoms with Gasteiger partial charge in [0.05, 0.1) is 5.92 Å². The van der Waals surface area contributed by atoms with Crippen molar-refractivity contribution in [2.24, 2.45) is 0 Å². The molecular formula is C14H16N2O2. The molecule has 1 aromatic heterocycles. The van der Waals surface area contributed by atoms with Crippen molar-refractivity contribution in [2.75, 3.05) is 0 Å². The van der Waals surface area contributed by atoms with E-state index in [1.807, 2.05) is 38.1 Å². The number of hydrogen-bond donors (Lipinski definition) is 0. The van der Waals surface area contributed by atoms with E-state index in [9.17, 15) is 4.79 Å². The van der Waals surface area contributed by atoms with E-state index in [0.29, 0.717) is 18.1 Å². The standard InChI is InChI=1S/C14H16N2O2/c1-4-12(10(3)17)14-15-13(16-18-14)11-7-5-6-9(2)8-11/h5-8,12H,4H2,1-3H3. The lowest BCUT2D eigenvalue weighted by Gasteiger charge is -2.03. The second-order valence-corrected chi connectivity index (χ2v) is 4.40. The molecule has 0 saturated carbocycles. The molecule has 0 aliphatic carbocycles. The minimum atomic E-state index is -0.295. The fourth-order valence-electron chi connectivity index (χ4n) is 1.91. The van der Waals surface area contributed by atoms with Gasteiger partial charge in [-0.1, -0.05) is 35.8 Å². The number of nitrogens with zero attached hydrogens (tertiary/aromatic N) is 2. The van der Waals surface area contributed by atoms with Gasteiger partial charge in [-0.3, -0.25) is 4.79 Å². The van der Waals surface area contributed by atoms with Crippen LogP contribution in [0.25, 0.3) is 11.4 Å². The van der Waals surface area contributed by atoms with Crippen LogP contribution in [-0.2, 0) is 4.79 Å². The molecule has 1 unspecified atom stereocenters. The van der Waals surface area contributed by atoms with Crippen molar-refractivity contribution in [3.63, 3.8) is 0 Å². The highest BCUT2D eigenvalue weighted by atomic mass is 16.5. The number of aromatic nitrogens is 2. The fourth-order valence-corrected chi connectivity index (χ4v) is 1.91. The molecule has 0 fully saturated rings. The number of Topliss-reactive ketones (excluding diaryl/α,β-unsaturated/α-hetero) is 1. The number of aryl methyl sites for hydroxylation is 1. The Morgan fingerprint density at radius 3 is 2.83 bits per heavy atom. The van der Waals surface area contributed by atoms with E-state index in [4.69, 9.17) is 4.52 Å². The molecule has 4 nitrogen and oxygen atoms in total. The highest BCUT2D eigenvalue weighted by Gasteiger charge is 2.21. The number of carbonyl (C=O) groups is 1. The van der Waals surface area contributed by atoms with Crippen molar-refractivity contribution >= 4 is 5.78 Å². The average molecular weight is 244 g/mol. The Balaban J connectivity index is 2.33. The molecule has 0 saturated heterocycles. The summed E-state index contributed by atoms with van der Waals surface area (Å²) in [6.45, 7) is 5.49. The molecule has 0 aliphatic rings. The molecule has 94 valence electrons. The van der Waals surface area contributed by atoms with Crippen LogP contribution < -0.4 is 0 Å². The van der Waals surface area contributed by atoms with Crippen LogP contribution in [0.2, 0.25) is 0 Å². The van der Waals surface area contributed by atoms with Crippen LogP contribution in [0.15, 0.2) is 28.8 Å². The number of hydrogen-bond acceptors (Lipinski definition) is 4. The minimum Gasteiger partial charge on any atom is -0.338 e. The first kappa shape index (κ1) is 12.5. The molecule has 0 aliphatic heterocycles. The van der Waals surface area contributed by atoms with Gasteiger partial charge in [0, 0.05) is 5.56 Å². The predicted molar refractivity (Wildman–Crippen MR) is 68.2 cm³/mol. The molecule has 1 aromatic carbocycles. The third-order valence-electron chi connectivity index (χ3n) is 2.92. The van der Waals surface area contributed by atoms with Crippen LogP contribution in [0, 0.1) is 6.92 Å². The monoisotopic (exact) mass is 244 g/mol. The van der Waals surface area contributed by atoms with Crippen molar-refractivity contribution in [3.05, 3.63) is 35.7 Å². The number of carbonyl (C=O) groups excluding carboxylic acids is 1. The molecule has 1 heterocycles. The second-order valence-electron chi connectivity index (χ2n) is 4.40. The molecule has 2 rings (SSSR count). The summed E-state index contributed by atoms with van der Waals surface area (Å²) >= 11 is 0. The van der Waals surface area contributed by atoms with Gasteiger partial charge in [0.25, 0.3) is 0 Å². The molecular weight excluding hydrogens is 228 g/mol. The van der Waals surface area contributed by atoms with Gasteiger partial charge in [-0.05, 0) is 26.3 Å². The quantitative estimate of drug-likeness (QED) is 0.829. The summed E-state index contributed by atoms with van der Waals surface area (Å²) in [6.07, 6.45) is 0.671. The Morgan fingerprint density at radius 2 is 2.22 bits per heavy atom. The third-order valence-corrected chi connectivity index (χ3v) is 2.92. The topological polar surface area (TPSA) is 56.0 Å². The van der Waals surface area contributed by atoms with E-state index >= 15 is 0 Å². The zero-order chi connectivity index (χ0) is 13.1. The minimum absolute atomic E-state index is 0.0527. The van der Waals surface area contributed by atoms with Crippen molar-refractivity contribution < 1.29 is 9.32 Å². The van der Waals surface area contributed by atoms with Gasteiger partial charge in [0.15, 0.2) is 0 Å². The fraction of sp³-hybridized carbons (Fsp3) is 0.357. The first-order valence-electron chi connectivity index (χ1n) is 6.03. The van der Waals surface area contributed by atoms with E-state index in [0.717, 1.165) is 11.1 Å².